The quantitative estimate of drug-likeness (QED) is 0.828. The highest BCUT2D eigenvalue weighted by Crippen LogP contribution is 2.26. The molecule has 112 valence electrons. The average molecular weight is 303 g/mol. The largest absolute Gasteiger partial charge is 0.329 e. The first-order chi connectivity index (χ1) is 10.2. The Labute approximate surface area is 132 Å². The van der Waals surface area contributed by atoms with Crippen molar-refractivity contribution in [2.24, 2.45) is 5.73 Å². The predicted octanol–water partition coefficient (Wildman–Crippen LogP) is 4.25. The lowest BCUT2D eigenvalue weighted by Gasteiger charge is -2.31. The van der Waals surface area contributed by atoms with Crippen LogP contribution < -0.4 is 5.73 Å². The monoisotopic (exact) mass is 302 g/mol. The lowest BCUT2D eigenvalue weighted by atomic mass is 10.0. The van der Waals surface area contributed by atoms with Crippen molar-refractivity contribution in [3.63, 3.8) is 0 Å². The molecule has 0 aliphatic rings. The molecule has 0 saturated carbocycles. The number of hydrogen-bond donors (Lipinski definition) is 1. The predicted molar refractivity (Wildman–Crippen MR) is 90.4 cm³/mol. The molecule has 0 aliphatic heterocycles. The van der Waals surface area contributed by atoms with Crippen LogP contribution in [-0.2, 0) is 6.54 Å². The Kier molecular flexibility index (Phi) is 6.24. The molecule has 2 rings (SSSR count). The van der Waals surface area contributed by atoms with Crippen molar-refractivity contribution in [1.82, 2.24) is 4.90 Å². The van der Waals surface area contributed by atoms with Gasteiger partial charge in [0.1, 0.15) is 0 Å². The second-order valence-electron chi connectivity index (χ2n) is 5.22. The van der Waals surface area contributed by atoms with E-state index in [1.165, 1.54) is 11.1 Å². The maximum atomic E-state index is 6.00. The van der Waals surface area contributed by atoms with Crippen LogP contribution in [0.15, 0.2) is 54.6 Å². The highest BCUT2D eigenvalue weighted by Gasteiger charge is 2.18. The normalized spacial score (nSPS) is 12.6. The number of halogens is 1. The molecule has 1 unspecified atom stereocenters. The first-order valence-corrected chi connectivity index (χ1v) is 7.86. The van der Waals surface area contributed by atoms with Crippen LogP contribution in [0.25, 0.3) is 0 Å². The molecule has 2 N–H and O–H groups in total. The summed E-state index contributed by atoms with van der Waals surface area (Å²) < 4.78 is 0. The Bertz CT molecular complexity index is 525. The maximum absolute atomic E-state index is 6.00. The van der Waals surface area contributed by atoms with Gasteiger partial charge in [0.25, 0.3) is 0 Å². The van der Waals surface area contributed by atoms with E-state index in [0.29, 0.717) is 12.6 Å². The summed E-state index contributed by atoms with van der Waals surface area (Å²) >= 11 is 6.00. The van der Waals surface area contributed by atoms with E-state index < -0.39 is 0 Å². The second kappa shape index (κ2) is 8.18. The highest BCUT2D eigenvalue weighted by molar-refractivity contribution is 6.30. The van der Waals surface area contributed by atoms with Crippen LogP contribution in [0.5, 0.6) is 0 Å². The van der Waals surface area contributed by atoms with E-state index in [2.05, 4.69) is 48.2 Å². The summed E-state index contributed by atoms with van der Waals surface area (Å²) in [6.07, 6.45) is 1.05. The van der Waals surface area contributed by atoms with E-state index in [-0.39, 0.29) is 0 Å². The third kappa shape index (κ3) is 4.57. The summed E-state index contributed by atoms with van der Waals surface area (Å²) in [6.45, 7) is 4.68. The second-order valence-corrected chi connectivity index (χ2v) is 5.66. The van der Waals surface area contributed by atoms with Crippen molar-refractivity contribution in [3.8, 4) is 0 Å². The lowest BCUT2D eigenvalue weighted by molar-refractivity contribution is 0.188. The standard InChI is InChI=1S/C18H23ClN2/c1-2-18(16-8-10-17(19)11-9-16)21(13-12-20)14-15-6-4-3-5-7-15/h3-11,18H,2,12-14,20H2,1H3. The summed E-state index contributed by atoms with van der Waals surface area (Å²) in [6, 6.07) is 19.1. The topological polar surface area (TPSA) is 29.3 Å². The smallest absolute Gasteiger partial charge is 0.0406 e. The lowest BCUT2D eigenvalue weighted by Crippen LogP contribution is -2.32. The molecule has 0 aliphatic carbocycles. The molecule has 2 aromatic carbocycles. The number of nitrogens with two attached hydrogens (primary N) is 1. The van der Waals surface area contributed by atoms with Gasteiger partial charge in [-0.2, -0.15) is 0 Å². The fourth-order valence-electron chi connectivity index (χ4n) is 2.72. The molecule has 0 aromatic heterocycles. The van der Waals surface area contributed by atoms with Gasteiger partial charge in [-0.25, -0.2) is 0 Å². The van der Waals surface area contributed by atoms with Gasteiger partial charge < -0.3 is 5.73 Å². The van der Waals surface area contributed by atoms with Crippen molar-refractivity contribution >= 4 is 11.6 Å². The average Bonchev–Trinajstić information content (AvgIpc) is 2.51. The number of hydrogen-bond acceptors (Lipinski definition) is 2. The van der Waals surface area contributed by atoms with Crippen molar-refractivity contribution in [2.75, 3.05) is 13.1 Å². The van der Waals surface area contributed by atoms with Gasteiger partial charge in [0.15, 0.2) is 0 Å². The van der Waals surface area contributed by atoms with Gasteiger partial charge >= 0.3 is 0 Å². The molecule has 2 aromatic rings. The third-order valence-corrected chi connectivity index (χ3v) is 3.98. The minimum absolute atomic E-state index is 0.367. The maximum Gasteiger partial charge on any atom is 0.0406 e. The van der Waals surface area contributed by atoms with Gasteiger partial charge in [-0.15, -0.1) is 0 Å². The minimum atomic E-state index is 0.367. The van der Waals surface area contributed by atoms with Gasteiger partial charge in [0, 0.05) is 30.7 Å². The minimum Gasteiger partial charge on any atom is -0.329 e. The number of rotatable bonds is 7. The fraction of sp³-hybridized carbons (Fsp3) is 0.333. The highest BCUT2D eigenvalue weighted by atomic mass is 35.5. The number of benzene rings is 2. The van der Waals surface area contributed by atoms with Gasteiger partial charge in [-0.05, 0) is 29.7 Å². The van der Waals surface area contributed by atoms with Crippen molar-refractivity contribution in [1.29, 1.82) is 0 Å². The van der Waals surface area contributed by atoms with Crippen LogP contribution in [-0.4, -0.2) is 18.0 Å². The first-order valence-electron chi connectivity index (χ1n) is 7.48. The Morgan fingerprint density at radius 3 is 2.29 bits per heavy atom. The molecule has 0 amide bonds. The Balaban J connectivity index is 2.19. The van der Waals surface area contributed by atoms with Crippen LogP contribution >= 0.6 is 11.6 Å². The van der Waals surface area contributed by atoms with Crippen molar-refractivity contribution in [2.45, 2.75) is 25.9 Å². The molecule has 0 fully saturated rings. The Morgan fingerprint density at radius 2 is 1.71 bits per heavy atom. The van der Waals surface area contributed by atoms with Crippen molar-refractivity contribution in [3.05, 3.63) is 70.7 Å². The molecule has 0 saturated heterocycles. The molecule has 2 nitrogen and oxygen atoms in total. The van der Waals surface area contributed by atoms with E-state index in [0.717, 1.165) is 24.5 Å². The molecular weight excluding hydrogens is 280 g/mol. The molecule has 0 heterocycles. The van der Waals surface area contributed by atoms with E-state index >= 15 is 0 Å². The van der Waals surface area contributed by atoms with Gasteiger partial charge in [-0.1, -0.05) is 61.0 Å². The SMILES string of the molecule is CCC(c1ccc(Cl)cc1)N(CCN)Cc1ccccc1. The molecule has 3 heteroatoms. The van der Waals surface area contributed by atoms with E-state index in [9.17, 15) is 0 Å². The van der Waals surface area contributed by atoms with Gasteiger partial charge in [-0.3, -0.25) is 4.90 Å². The zero-order chi connectivity index (χ0) is 15.1. The summed E-state index contributed by atoms with van der Waals surface area (Å²) in [5.74, 6) is 0. The zero-order valence-electron chi connectivity index (χ0n) is 12.5. The molecule has 21 heavy (non-hydrogen) atoms. The third-order valence-electron chi connectivity index (χ3n) is 3.73. The Hall–Kier alpha value is -1.35. The Morgan fingerprint density at radius 1 is 1.05 bits per heavy atom. The van der Waals surface area contributed by atoms with Crippen LogP contribution in [0.1, 0.15) is 30.5 Å². The van der Waals surface area contributed by atoms with Crippen LogP contribution in [0, 0.1) is 0 Å². The first kappa shape index (κ1) is 16.0. The summed E-state index contributed by atoms with van der Waals surface area (Å²) in [4.78, 5) is 2.44. The zero-order valence-corrected chi connectivity index (χ0v) is 13.3. The fourth-order valence-corrected chi connectivity index (χ4v) is 2.84. The van der Waals surface area contributed by atoms with Gasteiger partial charge in [0.05, 0.1) is 0 Å². The summed E-state index contributed by atoms with van der Waals surface area (Å²) in [5.41, 5.74) is 8.43. The van der Waals surface area contributed by atoms with E-state index in [1.54, 1.807) is 0 Å². The molecule has 0 radical (unpaired) electrons. The van der Waals surface area contributed by atoms with Crippen molar-refractivity contribution < 1.29 is 0 Å². The van der Waals surface area contributed by atoms with E-state index in [1.807, 2.05) is 18.2 Å². The molecule has 0 spiro atoms. The molecular formula is C18H23ClN2. The summed E-state index contributed by atoms with van der Waals surface area (Å²) in [5, 5.41) is 0.780. The molecule has 0 bridgehead atoms. The number of nitrogens with zero attached hydrogens (tertiary/aromatic N) is 1. The molecule has 1 atom stereocenters. The van der Waals surface area contributed by atoms with E-state index in [4.69, 9.17) is 17.3 Å². The van der Waals surface area contributed by atoms with Gasteiger partial charge in [0.2, 0.25) is 0 Å². The summed E-state index contributed by atoms with van der Waals surface area (Å²) in [7, 11) is 0. The van der Waals surface area contributed by atoms with Crippen LogP contribution in [0.3, 0.4) is 0 Å². The van der Waals surface area contributed by atoms with Crippen LogP contribution in [0.2, 0.25) is 5.02 Å². The van der Waals surface area contributed by atoms with Crippen LogP contribution in [0.4, 0.5) is 0 Å².